The number of nitrogens with one attached hydrogen (secondary N) is 2. The number of ether oxygens (including phenoxy) is 2. The van der Waals surface area contributed by atoms with Crippen LogP contribution in [-0.4, -0.2) is 56.8 Å². The van der Waals surface area contributed by atoms with Gasteiger partial charge < -0.3 is 25.0 Å². The van der Waals surface area contributed by atoms with E-state index in [1.807, 2.05) is 23.1 Å². The average Bonchev–Trinajstić information content (AvgIpc) is 2.79. The third kappa shape index (κ3) is 6.48. The number of amides is 3. The van der Waals surface area contributed by atoms with Crippen LogP contribution in [0.25, 0.3) is 0 Å². The maximum Gasteiger partial charge on any atom is 0.319 e. The minimum Gasteiger partial charge on any atom is -0.497 e. The van der Waals surface area contributed by atoms with Gasteiger partial charge in [0.15, 0.2) is 0 Å². The maximum atomic E-state index is 12.8. The summed E-state index contributed by atoms with van der Waals surface area (Å²) in [7, 11) is 1.60. The summed E-state index contributed by atoms with van der Waals surface area (Å²) in [5.74, 6) is 2.32. The van der Waals surface area contributed by atoms with E-state index in [2.05, 4.69) is 37.5 Å². The SMILES string of the molecule is COc1cccc(NC(=O)NCC2C=C(C)C(CC(=O)N3CCOCC3)CC2C(C)C)c1. The molecule has 3 amide bonds. The van der Waals surface area contributed by atoms with Crippen LogP contribution in [-0.2, 0) is 9.53 Å². The quantitative estimate of drug-likeness (QED) is 0.626. The third-order valence-corrected chi connectivity index (χ3v) is 6.69. The van der Waals surface area contributed by atoms with Crippen LogP contribution in [0.4, 0.5) is 10.5 Å². The zero-order valence-corrected chi connectivity index (χ0v) is 19.7. The highest BCUT2D eigenvalue weighted by molar-refractivity contribution is 5.89. The number of anilines is 1. The third-order valence-electron chi connectivity index (χ3n) is 6.69. The Morgan fingerprint density at radius 1 is 1.25 bits per heavy atom. The van der Waals surface area contributed by atoms with Crippen LogP contribution in [0, 0.1) is 23.7 Å². The van der Waals surface area contributed by atoms with Crippen molar-refractivity contribution in [3.8, 4) is 5.75 Å². The van der Waals surface area contributed by atoms with Gasteiger partial charge in [-0.15, -0.1) is 0 Å². The number of hydrogen-bond acceptors (Lipinski definition) is 4. The summed E-state index contributed by atoms with van der Waals surface area (Å²) < 4.78 is 10.6. The number of nitrogens with zero attached hydrogens (tertiary/aromatic N) is 1. The van der Waals surface area contributed by atoms with Crippen LogP contribution in [0.2, 0.25) is 0 Å². The van der Waals surface area contributed by atoms with E-state index < -0.39 is 0 Å². The molecule has 2 N–H and O–H groups in total. The minimum absolute atomic E-state index is 0.225. The summed E-state index contributed by atoms with van der Waals surface area (Å²) in [6.07, 6.45) is 3.80. The highest BCUT2D eigenvalue weighted by Crippen LogP contribution is 2.39. The number of methoxy groups -OCH3 is 1. The number of allylic oxidation sites excluding steroid dienone is 1. The lowest BCUT2D eigenvalue weighted by molar-refractivity contribution is -0.136. The van der Waals surface area contributed by atoms with E-state index in [4.69, 9.17) is 9.47 Å². The summed E-state index contributed by atoms with van der Waals surface area (Å²) in [6.45, 7) is 9.79. The Morgan fingerprint density at radius 3 is 2.69 bits per heavy atom. The van der Waals surface area contributed by atoms with Crippen molar-refractivity contribution in [2.24, 2.45) is 23.7 Å². The predicted molar refractivity (Wildman–Crippen MR) is 126 cm³/mol. The Hall–Kier alpha value is -2.54. The second-order valence-corrected chi connectivity index (χ2v) is 9.18. The molecule has 1 aromatic carbocycles. The Morgan fingerprint density at radius 2 is 2.00 bits per heavy atom. The number of benzene rings is 1. The Labute approximate surface area is 191 Å². The normalized spacial score (nSPS) is 23.5. The van der Waals surface area contributed by atoms with Crippen molar-refractivity contribution < 1.29 is 19.1 Å². The number of carbonyl (C=O) groups is 2. The fourth-order valence-electron chi connectivity index (χ4n) is 4.75. The number of morpholine rings is 1. The average molecular weight is 444 g/mol. The lowest BCUT2D eigenvalue weighted by atomic mass is 9.69. The Bertz CT molecular complexity index is 817. The molecular weight excluding hydrogens is 406 g/mol. The van der Waals surface area contributed by atoms with Crippen molar-refractivity contribution in [2.75, 3.05) is 45.3 Å². The molecule has 7 heteroatoms. The second kappa shape index (κ2) is 11.4. The Kier molecular flexibility index (Phi) is 8.56. The smallest absolute Gasteiger partial charge is 0.319 e. The molecule has 1 aliphatic heterocycles. The topological polar surface area (TPSA) is 79.9 Å². The van der Waals surface area contributed by atoms with Crippen LogP contribution >= 0.6 is 0 Å². The molecule has 7 nitrogen and oxygen atoms in total. The van der Waals surface area contributed by atoms with Crippen LogP contribution in [0.1, 0.15) is 33.6 Å². The first-order chi connectivity index (χ1) is 15.4. The van der Waals surface area contributed by atoms with Gasteiger partial charge in [0.05, 0.1) is 20.3 Å². The molecule has 3 unspecified atom stereocenters. The summed E-state index contributed by atoms with van der Waals surface area (Å²) in [4.78, 5) is 27.2. The lowest BCUT2D eigenvalue weighted by Gasteiger charge is -2.38. The van der Waals surface area contributed by atoms with Gasteiger partial charge in [0.2, 0.25) is 5.91 Å². The monoisotopic (exact) mass is 443 g/mol. The zero-order valence-electron chi connectivity index (χ0n) is 19.7. The lowest BCUT2D eigenvalue weighted by Crippen LogP contribution is -2.42. The molecule has 176 valence electrons. The van der Waals surface area contributed by atoms with Crippen molar-refractivity contribution >= 4 is 17.6 Å². The van der Waals surface area contributed by atoms with Crippen molar-refractivity contribution in [3.63, 3.8) is 0 Å². The van der Waals surface area contributed by atoms with Gasteiger partial charge in [-0.1, -0.05) is 31.6 Å². The molecule has 1 heterocycles. The zero-order chi connectivity index (χ0) is 23.1. The minimum atomic E-state index is -0.226. The van der Waals surface area contributed by atoms with Gasteiger partial charge in [-0.25, -0.2) is 4.79 Å². The fraction of sp³-hybridized carbons (Fsp3) is 0.600. The van der Waals surface area contributed by atoms with Gasteiger partial charge in [0, 0.05) is 37.8 Å². The summed E-state index contributed by atoms with van der Waals surface area (Å²) in [6, 6.07) is 7.08. The van der Waals surface area contributed by atoms with Crippen molar-refractivity contribution in [2.45, 2.75) is 33.6 Å². The van der Waals surface area contributed by atoms with E-state index in [1.165, 1.54) is 5.57 Å². The first-order valence-electron chi connectivity index (χ1n) is 11.6. The van der Waals surface area contributed by atoms with Crippen LogP contribution < -0.4 is 15.4 Å². The maximum absolute atomic E-state index is 12.8. The van der Waals surface area contributed by atoms with E-state index in [9.17, 15) is 9.59 Å². The van der Waals surface area contributed by atoms with Gasteiger partial charge in [0.1, 0.15) is 5.75 Å². The van der Waals surface area contributed by atoms with E-state index in [0.29, 0.717) is 62.5 Å². The molecule has 32 heavy (non-hydrogen) atoms. The molecule has 0 saturated carbocycles. The first kappa shape index (κ1) is 24.1. The van der Waals surface area contributed by atoms with Crippen LogP contribution in [0.15, 0.2) is 35.9 Å². The van der Waals surface area contributed by atoms with Gasteiger partial charge >= 0.3 is 6.03 Å². The molecule has 0 spiro atoms. The molecule has 2 aliphatic rings. The number of rotatable bonds is 7. The predicted octanol–water partition coefficient (Wildman–Crippen LogP) is 3.92. The molecular formula is C25H37N3O4. The van der Waals surface area contributed by atoms with Crippen molar-refractivity contribution in [1.82, 2.24) is 10.2 Å². The standard InChI is InChI=1S/C25H37N3O4/c1-17(2)23-13-19(14-24(29)28-8-10-32-11-9-28)18(3)12-20(23)16-26-25(30)27-21-6-5-7-22(15-21)31-4/h5-7,12,15,17,19-20,23H,8-11,13-14,16H2,1-4H3,(H2,26,27,30). The van der Waals surface area contributed by atoms with Gasteiger partial charge in [-0.3, -0.25) is 4.79 Å². The van der Waals surface area contributed by atoms with Crippen molar-refractivity contribution in [1.29, 1.82) is 0 Å². The largest absolute Gasteiger partial charge is 0.497 e. The van der Waals surface area contributed by atoms with Gasteiger partial charge in [-0.2, -0.15) is 0 Å². The second-order valence-electron chi connectivity index (χ2n) is 9.18. The molecule has 1 fully saturated rings. The summed E-state index contributed by atoms with van der Waals surface area (Å²) in [5, 5.41) is 5.90. The number of hydrogen-bond donors (Lipinski definition) is 2. The molecule has 1 aliphatic carbocycles. The molecule has 1 aromatic rings. The van der Waals surface area contributed by atoms with Gasteiger partial charge in [-0.05, 0) is 49.1 Å². The molecule has 0 aromatic heterocycles. The number of urea groups is 1. The Balaban J connectivity index is 1.58. The fourth-order valence-corrected chi connectivity index (χ4v) is 4.75. The van der Waals surface area contributed by atoms with E-state index >= 15 is 0 Å². The summed E-state index contributed by atoms with van der Waals surface area (Å²) in [5.41, 5.74) is 1.95. The highest BCUT2D eigenvalue weighted by Gasteiger charge is 2.33. The molecule has 0 radical (unpaired) electrons. The van der Waals surface area contributed by atoms with Crippen LogP contribution in [0.3, 0.4) is 0 Å². The van der Waals surface area contributed by atoms with E-state index in [-0.39, 0.29) is 23.8 Å². The molecule has 3 rings (SSSR count). The van der Waals surface area contributed by atoms with Crippen molar-refractivity contribution in [3.05, 3.63) is 35.9 Å². The molecule has 3 atom stereocenters. The highest BCUT2D eigenvalue weighted by atomic mass is 16.5. The molecule has 1 saturated heterocycles. The first-order valence-corrected chi connectivity index (χ1v) is 11.6. The van der Waals surface area contributed by atoms with E-state index in [1.54, 1.807) is 13.2 Å². The van der Waals surface area contributed by atoms with Crippen LogP contribution in [0.5, 0.6) is 5.75 Å². The number of carbonyl (C=O) groups excluding carboxylic acids is 2. The summed E-state index contributed by atoms with van der Waals surface area (Å²) >= 11 is 0. The van der Waals surface area contributed by atoms with E-state index in [0.717, 1.165) is 6.42 Å². The molecule has 0 bridgehead atoms. The van der Waals surface area contributed by atoms with Gasteiger partial charge in [0.25, 0.3) is 0 Å².